The second-order valence-electron chi connectivity index (χ2n) is 7.31. The SMILES string of the molecule is CN1CCCCC2(N(C)c3ccccc31)N(C)c1ccccc1N2C. The summed E-state index contributed by atoms with van der Waals surface area (Å²) in [4.78, 5) is 9.80. The van der Waals surface area contributed by atoms with Crippen LogP contribution in [0.1, 0.15) is 19.3 Å². The van der Waals surface area contributed by atoms with Crippen molar-refractivity contribution >= 4 is 22.7 Å². The normalized spacial score (nSPS) is 19.4. The summed E-state index contributed by atoms with van der Waals surface area (Å²) >= 11 is 0. The van der Waals surface area contributed by atoms with E-state index in [4.69, 9.17) is 0 Å². The maximum Gasteiger partial charge on any atom is 0.191 e. The standard InChI is InChI=1S/C21H28N4/c1-22-16-10-9-15-21(23(2)18-12-6-5-11-17(18)22)24(3)19-13-7-8-14-20(19)25(21)4/h5-8,11-14H,9-10,15-16H2,1-4H3. The van der Waals surface area contributed by atoms with E-state index in [0.29, 0.717) is 0 Å². The average Bonchev–Trinajstić information content (AvgIpc) is 2.89. The van der Waals surface area contributed by atoms with Crippen molar-refractivity contribution in [3.05, 3.63) is 48.5 Å². The van der Waals surface area contributed by atoms with Crippen LogP contribution < -0.4 is 19.6 Å². The summed E-state index contributed by atoms with van der Waals surface area (Å²) in [5.41, 5.74) is 5.21. The van der Waals surface area contributed by atoms with E-state index in [2.05, 4.69) is 96.3 Å². The van der Waals surface area contributed by atoms with Crippen molar-refractivity contribution < 1.29 is 0 Å². The van der Waals surface area contributed by atoms with Crippen molar-refractivity contribution in [1.29, 1.82) is 0 Å². The summed E-state index contributed by atoms with van der Waals surface area (Å²) in [6.45, 7) is 1.10. The molecule has 1 spiro atoms. The quantitative estimate of drug-likeness (QED) is 0.721. The van der Waals surface area contributed by atoms with Crippen LogP contribution in [0.4, 0.5) is 22.7 Å². The van der Waals surface area contributed by atoms with E-state index in [1.807, 2.05) is 0 Å². The fourth-order valence-electron chi connectivity index (χ4n) is 4.69. The first kappa shape index (κ1) is 16.1. The zero-order valence-electron chi connectivity index (χ0n) is 15.7. The summed E-state index contributed by atoms with van der Waals surface area (Å²) in [6, 6.07) is 17.5. The Morgan fingerprint density at radius 3 is 1.60 bits per heavy atom. The lowest BCUT2D eigenvalue weighted by Gasteiger charge is -2.50. The zero-order valence-corrected chi connectivity index (χ0v) is 15.7. The maximum atomic E-state index is 2.48. The molecule has 0 aliphatic carbocycles. The Balaban J connectivity index is 1.89. The Morgan fingerprint density at radius 2 is 1.08 bits per heavy atom. The molecule has 0 aromatic heterocycles. The molecule has 2 heterocycles. The second kappa shape index (κ2) is 5.87. The molecule has 4 nitrogen and oxygen atoms in total. The molecule has 0 saturated carbocycles. The van der Waals surface area contributed by atoms with Gasteiger partial charge in [-0.2, -0.15) is 0 Å². The minimum Gasteiger partial charge on any atom is -0.373 e. The highest BCUT2D eigenvalue weighted by Crippen LogP contribution is 2.49. The fourth-order valence-corrected chi connectivity index (χ4v) is 4.69. The number of hydrogen-bond acceptors (Lipinski definition) is 4. The molecule has 0 atom stereocenters. The Morgan fingerprint density at radius 1 is 0.640 bits per heavy atom. The predicted octanol–water partition coefficient (Wildman–Crippen LogP) is 3.98. The first-order valence-corrected chi connectivity index (χ1v) is 9.18. The van der Waals surface area contributed by atoms with Gasteiger partial charge in [0.25, 0.3) is 0 Å². The van der Waals surface area contributed by atoms with Crippen LogP contribution >= 0.6 is 0 Å². The second-order valence-corrected chi connectivity index (χ2v) is 7.31. The van der Waals surface area contributed by atoms with Crippen LogP contribution in [-0.4, -0.2) is 40.5 Å². The smallest absolute Gasteiger partial charge is 0.191 e. The van der Waals surface area contributed by atoms with Crippen molar-refractivity contribution in [2.75, 3.05) is 54.3 Å². The molecule has 0 saturated heterocycles. The van der Waals surface area contributed by atoms with Crippen molar-refractivity contribution in [3.8, 4) is 0 Å². The highest BCUT2D eigenvalue weighted by molar-refractivity contribution is 5.82. The highest BCUT2D eigenvalue weighted by Gasteiger charge is 2.49. The molecule has 0 unspecified atom stereocenters. The molecule has 2 aromatic carbocycles. The van der Waals surface area contributed by atoms with Gasteiger partial charge in [-0.15, -0.1) is 0 Å². The van der Waals surface area contributed by atoms with Crippen molar-refractivity contribution in [2.24, 2.45) is 0 Å². The van der Waals surface area contributed by atoms with Gasteiger partial charge in [-0.1, -0.05) is 24.3 Å². The van der Waals surface area contributed by atoms with Gasteiger partial charge in [0.05, 0.1) is 22.7 Å². The molecule has 2 aromatic rings. The summed E-state index contributed by atoms with van der Waals surface area (Å²) in [7, 11) is 8.93. The lowest BCUT2D eigenvalue weighted by Crippen LogP contribution is -2.65. The van der Waals surface area contributed by atoms with Gasteiger partial charge in [0, 0.05) is 41.2 Å². The van der Waals surface area contributed by atoms with Crippen molar-refractivity contribution in [1.82, 2.24) is 0 Å². The molecule has 4 heteroatoms. The molecule has 2 aliphatic rings. The number of para-hydroxylation sites is 4. The molecule has 0 radical (unpaired) electrons. The van der Waals surface area contributed by atoms with E-state index in [9.17, 15) is 0 Å². The van der Waals surface area contributed by atoms with Crippen molar-refractivity contribution in [2.45, 2.75) is 25.0 Å². The topological polar surface area (TPSA) is 13.0 Å². The summed E-state index contributed by atoms with van der Waals surface area (Å²) < 4.78 is 0. The zero-order chi connectivity index (χ0) is 17.6. The molecule has 0 fully saturated rings. The molecule has 4 rings (SSSR count). The number of rotatable bonds is 0. The third kappa shape index (κ3) is 2.20. The Kier molecular flexibility index (Phi) is 3.78. The molecular formula is C21H28N4. The Bertz CT molecular complexity index is 743. The number of benzene rings is 2. The number of nitrogens with zero attached hydrogens (tertiary/aromatic N) is 4. The lowest BCUT2D eigenvalue weighted by molar-refractivity contribution is 0.368. The first-order chi connectivity index (χ1) is 12.1. The van der Waals surface area contributed by atoms with E-state index in [1.54, 1.807) is 0 Å². The monoisotopic (exact) mass is 336 g/mol. The van der Waals surface area contributed by atoms with Crippen LogP contribution in [0.2, 0.25) is 0 Å². The van der Waals surface area contributed by atoms with Crippen LogP contribution in [0.3, 0.4) is 0 Å². The number of anilines is 4. The van der Waals surface area contributed by atoms with Gasteiger partial charge in [0.2, 0.25) is 0 Å². The van der Waals surface area contributed by atoms with Crippen LogP contribution in [-0.2, 0) is 0 Å². The van der Waals surface area contributed by atoms with E-state index in [1.165, 1.54) is 35.6 Å². The van der Waals surface area contributed by atoms with Crippen molar-refractivity contribution in [3.63, 3.8) is 0 Å². The lowest BCUT2D eigenvalue weighted by atomic mass is 10.1. The van der Waals surface area contributed by atoms with Gasteiger partial charge >= 0.3 is 0 Å². The first-order valence-electron chi connectivity index (χ1n) is 9.18. The molecule has 0 bridgehead atoms. The van der Waals surface area contributed by atoms with Crippen LogP contribution in [0.15, 0.2) is 48.5 Å². The number of hydrogen-bond donors (Lipinski definition) is 0. The molecule has 25 heavy (non-hydrogen) atoms. The third-order valence-electron chi connectivity index (χ3n) is 6.13. The summed E-state index contributed by atoms with van der Waals surface area (Å²) in [6.07, 6.45) is 3.51. The van der Waals surface area contributed by atoms with Gasteiger partial charge in [0.1, 0.15) is 0 Å². The molecule has 0 N–H and O–H groups in total. The van der Waals surface area contributed by atoms with Gasteiger partial charge in [0.15, 0.2) is 5.79 Å². The number of fused-ring (bicyclic) bond motifs is 2. The Labute approximate surface area is 151 Å². The predicted molar refractivity (Wildman–Crippen MR) is 108 cm³/mol. The van der Waals surface area contributed by atoms with Crippen LogP contribution in [0.5, 0.6) is 0 Å². The summed E-state index contributed by atoms with van der Waals surface area (Å²) in [5, 5.41) is 0. The molecule has 0 amide bonds. The van der Waals surface area contributed by atoms with Gasteiger partial charge in [-0.3, -0.25) is 0 Å². The van der Waals surface area contributed by atoms with E-state index in [0.717, 1.165) is 13.0 Å². The summed E-state index contributed by atoms with van der Waals surface area (Å²) in [5.74, 6) is -0.176. The maximum absolute atomic E-state index is 2.48. The molecule has 132 valence electrons. The molecule has 2 aliphatic heterocycles. The minimum absolute atomic E-state index is 0.176. The van der Waals surface area contributed by atoms with Crippen LogP contribution in [0, 0.1) is 0 Å². The molecular weight excluding hydrogens is 308 g/mol. The Hall–Kier alpha value is -2.36. The third-order valence-corrected chi connectivity index (χ3v) is 6.13. The van der Waals surface area contributed by atoms with Gasteiger partial charge in [-0.05, 0) is 37.1 Å². The van der Waals surface area contributed by atoms with Gasteiger partial charge in [-0.25, -0.2) is 0 Å². The largest absolute Gasteiger partial charge is 0.373 e. The van der Waals surface area contributed by atoms with E-state index >= 15 is 0 Å². The van der Waals surface area contributed by atoms with E-state index in [-0.39, 0.29) is 5.79 Å². The van der Waals surface area contributed by atoms with Crippen LogP contribution in [0.25, 0.3) is 0 Å². The highest BCUT2D eigenvalue weighted by atomic mass is 15.6. The average molecular weight is 336 g/mol. The fraction of sp³-hybridized carbons (Fsp3) is 0.429. The minimum atomic E-state index is -0.176. The van der Waals surface area contributed by atoms with Gasteiger partial charge < -0.3 is 19.6 Å². The van der Waals surface area contributed by atoms with E-state index < -0.39 is 0 Å².